The van der Waals surface area contributed by atoms with Gasteiger partial charge in [-0.25, -0.2) is 13.2 Å². The van der Waals surface area contributed by atoms with Crippen LogP contribution in [0.2, 0.25) is 0 Å². The van der Waals surface area contributed by atoms with E-state index in [1.54, 1.807) is 32.5 Å². The van der Waals surface area contributed by atoms with Crippen LogP contribution in [0.1, 0.15) is 58.4 Å². The number of esters is 1. The summed E-state index contributed by atoms with van der Waals surface area (Å²) in [5.41, 5.74) is 5.75. The fraction of sp³-hybridized carbons (Fsp3) is 0.667. The molecule has 10 nitrogen and oxygen atoms in total. The van der Waals surface area contributed by atoms with Crippen molar-refractivity contribution >= 4 is 39.6 Å². The maximum Gasteiger partial charge on any atom is 0.407 e. The number of nitrogens with two attached hydrogens (primary N) is 1. The van der Waals surface area contributed by atoms with Gasteiger partial charge in [-0.1, -0.05) is 37.3 Å². The summed E-state index contributed by atoms with van der Waals surface area (Å²) < 4.78 is 35.7. The lowest BCUT2D eigenvalue weighted by Gasteiger charge is -2.37. The highest BCUT2D eigenvalue weighted by Crippen LogP contribution is 2.27. The van der Waals surface area contributed by atoms with Gasteiger partial charge in [0.15, 0.2) is 0 Å². The molecule has 1 aromatic carbocycles. The van der Waals surface area contributed by atoms with Crippen LogP contribution in [0.3, 0.4) is 0 Å². The molecule has 1 aliphatic rings. The summed E-state index contributed by atoms with van der Waals surface area (Å²) in [5.74, 6) is -0.519. The molecule has 1 aliphatic carbocycles. The van der Waals surface area contributed by atoms with Crippen molar-refractivity contribution < 1.29 is 32.3 Å². The number of sulfone groups is 1. The molecular formula is C27H43N3O7S2. The first-order valence-corrected chi connectivity index (χ1v) is 16.5. The fourth-order valence-electron chi connectivity index (χ4n) is 4.50. The minimum Gasteiger partial charge on any atom is -0.461 e. The van der Waals surface area contributed by atoms with E-state index >= 15 is 0 Å². The number of hydrogen-bond donors (Lipinski definition) is 3. The average Bonchev–Trinajstić information content (AvgIpc) is 2.87. The third-order valence-corrected chi connectivity index (χ3v) is 9.15. The van der Waals surface area contributed by atoms with Crippen LogP contribution in [0.5, 0.6) is 0 Å². The number of rotatable bonds is 14. The molecule has 2 amide bonds. The summed E-state index contributed by atoms with van der Waals surface area (Å²) >= 11 is 1.60. The third-order valence-electron chi connectivity index (χ3n) is 6.69. The molecular weight excluding hydrogens is 542 g/mol. The Kier molecular flexibility index (Phi) is 13.1. The Morgan fingerprint density at radius 3 is 2.49 bits per heavy atom. The first kappa shape index (κ1) is 32.9. The van der Waals surface area contributed by atoms with Crippen molar-refractivity contribution in [2.45, 2.75) is 83.2 Å². The molecule has 0 aromatic heterocycles. The molecule has 0 spiro atoms. The molecule has 0 bridgehead atoms. The second-order valence-corrected chi connectivity index (χ2v) is 14.0. The van der Waals surface area contributed by atoms with E-state index < -0.39 is 33.5 Å². The number of benzene rings is 1. The van der Waals surface area contributed by atoms with Crippen molar-refractivity contribution in [3.63, 3.8) is 0 Å². The lowest BCUT2D eigenvalue weighted by atomic mass is 9.82. The van der Waals surface area contributed by atoms with Crippen LogP contribution >= 0.6 is 11.8 Å². The Labute approximate surface area is 236 Å². The van der Waals surface area contributed by atoms with Gasteiger partial charge in [-0.15, -0.1) is 0 Å². The lowest BCUT2D eigenvalue weighted by molar-refractivity contribution is -0.149. The van der Waals surface area contributed by atoms with Gasteiger partial charge in [0.25, 0.3) is 0 Å². The number of nitrogens with one attached hydrogen (secondary N) is 2. The number of thioether (sulfide) groups is 1. The Hall–Kier alpha value is -2.31. The summed E-state index contributed by atoms with van der Waals surface area (Å²) in [6, 6.07) is 7.92. The van der Waals surface area contributed by atoms with E-state index in [9.17, 15) is 22.8 Å². The zero-order chi connectivity index (χ0) is 29.1. The molecule has 4 atom stereocenters. The predicted molar refractivity (Wildman–Crippen MR) is 153 cm³/mol. The van der Waals surface area contributed by atoms with Crippen LogP contribution in [0.4, 0.5) is 4.79 Å². The number of carbonyl (C=O) groups is 3. The molecule has 12 heteroatoms. The van der Waals surface area contributed by atoms with Crippen LogP contribution in [-0.4, -0.2) is 73.6 Å². The van der Waals surface area contributed by atoms with Gasteiger partial charge in [-0.3, -0.25) is 9.59 Å². The maximum atomic E-state index is 12.7. The van der Waals surface area contributed by atoms with Gasteiger partial charge < -0.3 is 25.8 Å². The van der Waals surface area contributed by atoms with Gasteiger partial charge in [-0.05, 0) is 63.0 Å². The zero-order valence-electron chi connectivity index (χ0n) is 23.3. The highest BCUT2D eigenvalue weighted by molar-refractivity contribution is 7.98. The van der Waals surface area contributed by atoms with E-state index in [1.165, 1.54) is 0 Å². The van der Waals surface area contributed by atoms with E-state index in [-0.39, 0.29) is 48.4 Å². The monoisotopic (exact) mass is 585 g/mol. The summed E-state index contributed by atoms with van der Waals surface area (Å²) in [7, 11) is -3.32. The first-order chi connectivity index (χ1) is 18.3. The quantitative estimate of drug-likeness (QED) is 0.280. The van der Waals surface area contributed by atoms with E-state index in [0.717, 1.165) is 11.3 Å². The Bertz CT molecular complexity index is 1050. The van der Waals surface area contributed by atoms with Crippen molar-refractivity contribution in [3.05, 3.63) is 35.9 Å². The van der Waals surface area contributed by atoms with Crippen molar-refractivity contribution in [3.8, 4) is 0 Å². The number of alkyl carbamates (subject to hydrolysis) is 1. The smallest absolute Gasteiger partial charge is 0.407 e. The number of ether oxygens (including phenoxy) is 2. The molecule has 1 aromatic rings. The van der Waals surface area contributed by atoms with Crippen molar-refractivity contribution in [2.75, 3.05) is 23.5 Å². The van der Waals surface area contributed by atoms with E-state index in [4.69, 9.17) is 15.2 Å². The molecule has 2 rings (SSSR count). The maximum absolute atomic E-state index is 12.7. The normalized spacial score (nSPS) is 20.5. The molecule has 220 valence electrons. The minimum absolute atomic E-state index is 0.00784. The Morgan fingerprint density at radius 1 is 1.15 bits per heavy atom. The van der Waals surface area contributed by atoms with Crippen molar-refractivity contribution in [1.29, 1.82) is 0 Å². The summed E-state index contributed by atoms with van der Waals surface area (Å²) in [4.78, 5) is 37.6. The second kappa shape index (κ2) is 15.5. The summed E-state index contributed by atoms with van der Waals surface area (Å²) in [5, 5.41) is 5.76. The number of carbonyl (C=O) groups excluding carboxylic acids is 3. The van der Waals surface area contributed by atoms with Crippen LogP contribution in [0.25, 0.3) is 0 Å². The summed E-state index contributed by atoms with van der Waals surface area (Å²) in [6.45, 7) is 4.97. The van der Waals surface area contributed by atoms with E-state index in [2.05, 4.69) is 10.6 Å². The van der Waals surface area contributed by atoms with Crippen LogP contribution < -0.4 is 16.4 Å². The standard InChI is InChI=1S/C27H43N3O7S2/c1-5-39(34,35)18-20-15-21(11-12-23(20)30-25(32)22(28)13-14-38-4)29-26(33)37-27(2,3)16-24(31)36-17-19-9-7-6-8-10-19/h6-10,20-23H,5,11-18,28H2,1-4H3,(H,29,33)(H,30,32)/t20-,21+,22-,23-/m0/s1. The van der Waals surface area contributed by atoms with Gasteiger partial charge >= 0.3 is 12.1 Å². The lowest BCUT2D eigenvalue weighted by Crippen LogP contribution is -2.54. The van der Waals surface area contributed by atoms with Gasteiger partial charge in [0.1, 0.15) is 22.0 Å². The van der Waals surface area contributed by atoms with E-state index in [1.807, 2.05) is 36.6 Å². The highest BCUT2D eigenvalue weighted by atomic mass is 32.2. The van der Waals surface area contributed by atoms with Crippen LogP contribution in [0, 0.1) is 5.92 Å². The molecule has 1 fully saturated rings. The largest absolute Gasteiger partial charge is 0.461 e. The van der Waals surface area contributed by atoms with Gasteiger partial charge in [0.05, 0.1) is 18.2 Å². The van der Waals surface area contributed by atoms with Gasteiger partial charge in [-0.2, -0.15) is 11.8 Å². The molecule has 0 radical (unpaired) electrons. The fourth-order valence-corrected chi connectivity index (χ4v) is 6.24. The first-order valence-electron chi connectivity index (χ1n) is 13.3. The third kappa shape index (κ3) is 12.2. The number of hydrogen-bond acceptors (Lipinski definition) is 9. The topological polar surface area (TPSA) is 154 Å². The Morgan fingerprint density at radius 2 is 1.85 bits per heavy atom. The minimum atomic E-state index is -3.32. The molecule has 0 unspecified atom stereocenters. The second-order valence-electron chi connectivity index (χ2n) is 10.6. The van der Waals surface area contributed by atoms with Gasteiger partial charge in [0.2, 0.25) is 5.91 Å². The highest BCUT2D eigenvalue weighted by Gasteiger charge is 2.36. The molecule has 39 heavy (non-hydrogen) atoms. The zero-order valence-corrected chi connectivity index (χ0v) is 24.9. The molecule has 1 saturated carbocycles. The van der Waals surface area contributed by atoms with Crippen molar-refractivity contribution in [1.82, 2.24) is 10.6 Å². The predicted octanol–water partition coefficient (Wildman–Crippen LogP) is 2.79. The molecule has 0 saturated heterocycles. The van der Waals surface area contributed by atoms with Crippen LogP contribution in [-0.2, 0) is 35.5 Å². The SMILES string of the molecule is CCS(=O)(=O)C[C@@H]1C[C@H](NC(=O)OC(C)(C)CC(=O)OCc2ccccc2)CC[C@@H]1NC(=O)[C@@H](N)CCSC. The Balaban J connectivity index is 1.92. The average molecular weight is 586 g/mol. The molecule has 4 N–H and O–H groups in total. The van der Waals surface area contributed by atoms with Crippen molar-refractivity contribution in [2.24, 2.45) is 11.7 Å². The number of amides is 2. The summed E-state index contributed by atoms with van der Waals surface area (Å²) in [6.07, 6.45) is 3.03. The van der Waals surface area contributed by atoms with Gasteiger partial charge in [0, 0.05) is 17.8 Å². The molecule has 0 heterocycles. The molecule has 0 aliphatic heterocycles. The van der Waals surface area contributed by atoms with Crippen LogP contribution in [0.15, 0.2) is 30.3 Å². The van der Waals surface area contributed by atoms with E-state index in [0.29, 0.717) is 25.7 Å².